The second-order valence-corrected chi connectivity index (χ2v) is 6.94. The standard InChI is InChI=1S/C11H18N4O3S/c1-2-15-6-9(12)10(14-15)11(16)13-8-4-3-5-19(17,18)7-8/h6,8H,2-5,7,12H2,1H3,(H,13,16). The summed E-state index contributed by atoms with van der Waals surface area (Å²) in [4.78, 5) is 12.0. The molecule has 0 saturated carbocycles. The number of anilines is 1. The van der Waals surface area contributed by atoms with Crippen molar-refractivity contribution in [2.75, 3.05) is 17.2 Å². The van der Waals surface area contributed by atoms with Gasteiger partial charge in [-0.3, -0.25) is 9.48 Å². The van der Waals surface area contributed by atoms with Crippen LogP contribution in [0.3, 0.4) is 0 Å². The summed E-state index contributed by atoms with van der Waals surface area (Å²) in [6.07, 6.45) is 2.83. The highest BCUT2D eigenvalue weighted by Crippen LogP contribution is 2.14. The van der Waals surface area contributed by atoms with Crippen molar-refractivity contribution in [1.29, 1.82) is 0 Å². The third-order valence-electron chi connectivity index (χ3n) is 3.13. The molecule has 1 atom stereocenters. The van der Waals surface area contributed by atoms with Crippen LogP contribution in [0, 0.1) is 0 Å². The van der Waals surface area contributed by atoms with Crippen LogP contribution in [0.5, 0.6) is 0 Å². The second-order valence-electron chi connectivity index (χ2n) is 4.72. The number of hydrogen-bond donors (Lipinski definition) is 2. The minimum absolute atomic E-state index is 0.00681. The number of carbonyl (C=O) groups excluding carboxylic acids is 1. The third-order valence-corrected chi connectivity index (χ3v) is 4.95. The van der Waals surface area contributed by atoms with E-state index in [0.717, 1.165) is 0 Å². The molecule has 106 valence electrons. The minimum atomic E-state index is -3.04. The van der Waals surface area contributed by atoms with Gasteiger partial charge in [-0.2, -0.15) is 5.10 Å². The average molecular weight is 286 g/mol. The third kappa shape index (κ3) is 3.25. The molecule has 1 saturated heterocycles. The van der Waals surface area contributed by atoms with Gasteiger partial charge in [0.1, 0.15) is 0 Å². The SMILES string of the molecule is CCn1cc(N)c(C(=O)NC2CCCS(=O)(=O)C2)n1. The Bertz CT molecular complexity index is 579. The maximum Gasteiger partial charge on any atom is 0.274 e. The summed E-state index contributed by atoms with van der Waals surface area (Å²) < 4.78 is 24.6. The zero-order valence-electron chi connectivity index (χ0n) is 10.8. The highest BCUT2D eigenvalue weighted by molar-refractivity contribution is 7.91. The predicted octanol–water partition coefficient (Wildman–Crippen LogP) is -0.208. The Kier molecular flexibility index (Phi) is 3.79. The van der Waals surface area contributed by atoms with E-state index in [-0.39, 0.29) is 23.2 Å². The van der Waals surface area contributed by atoms with Gasteiger partial charge >= 0.3 is 0 Å². The van der Waals surface area contributed by atoms with Crippen molar-refractivity contribution in [2.24, 2.45) is 0 Å². The summed E-state index contributed by atoms with van der Waals surface area (Å²) in [5.74, 6) is -0.217. The lowest BCUT2D eigenvalue weighted by molar-refractivity contribution is 0.0933. The van der Waals surface area contributed by atoms with E-state index in [0.29, 0.717) is 25.1 Å². The van der Waals surface area contributed by atoms with E-state index in [2.05, 4.69) is 10.4 Å². The Balaban J connectivity index is 2.06. The number of hydrogen-bond acceptors (Lipinski definition) is 5. The normalized spacial score (nSPS) is 22.1. The minimum Gasteiger partial charge on any atom is -0.396 e. The van der Waals surface area contributed by atoms with Gasteiger partial charge in [0.15, 0.2) is 15.5 Å². The van der Waals surface area contributed by atoms with Crippen LogP contribution in [0.25, 0.3) is 0 Å². The lowest BCUT2D eigenvalue weighted by Gasteiger charge is -2.22. The molecule has 1 amide bonds. The number of carbonyl (C=O) groups is 1. The Morgan fingerprint density at radius 2 is 2.37 bits per heavy atom. The van der Waals surface area contributed by atoms with Crippen LogP contribution < -0.4 is 11.1 Å². The zero-order valence-corrected chi connectivity index (χ0v) is 11.6. The summed E-state index contributed by atoms with van der Waals surface area (Å²) in [5, 5.41) is 6.76. The molecule has 1 aromatic heterocycles. The molecule has 1 fully saturated rings. The first kappa shape index (κ1) is 13.9. The number of nitrogens with one attached hydrogen (secondary N) is 1. The summed E-state index contributed by atoms with van der Waals surface area (Å²) in [7, 11) is -3.04. The fourth-order valence-corrected chi connectivity index (χ4v) is 3.80. The van der Waals surface area contributed by atoms with Gasteiger partial charge in [0, 0.05) is 18.8 Å². The Morgan fingerprint density at radius 1 is 1.63 bits per heavy atom. The fraction of sp³-hybridized carbons (Fsp3) is 0.636. The van der Waals surface area contributed by atoms with Gasteiger partial charge in [0.2, 0.25) is 0 Å². The first-order valence-corrected chi connectivity index (χ1v) is 8.07. The van der Waals surface area contributed by atoms with Gasteiger partial charge in [0.05, 0.1) is 17.2 Å². The Labute approximate surface area is 112 Å². The van der Waals surface area contributed by atoms with E-state index in [4.69, 9.17) is 5.73 Å². The van der Waals surface area contributed by atoms with Gasteiger partial charge in [-0.05, 0) is 19.8 Å². The van der Waals surface area contributed by atoms with Crippen molar-refractivity contribution in [2.45, 2.75) is 32.4 Å². The molecule has 2 heterocycles. The van der Waals surface area contributed by atoms with E-state index < -0.39 is 15.7 Å². The quantitative estimate of drug-likeness (QED) is 0.799. The van der Waals surface area contributed by atoms with Gasteiger partial charge in [-0.1, -0.05) is 0 Å². The molecule has 19 heavy (non-hydrogen) atoms. The van der Waals surface area contributed by atoms with Crippen LogP contribution >= 0.6 is 0 Å². The molecular weight excluding hydrogens is 268 g/mol. The van der Waals surface area contributed by atoms with Crippen molar-refractivity contribution >= 4 is 21.4 Å². The average Bonchev–Trinajstić information content (AvgIpc) is 2.69. The molecule has 1 aliphatic rings. The van der Waals surface area contributed by atoms with E-state index in [9.17, 15) is 13.2 Å². The molecule has 7 nitrogen and oxygen atoms in total. The van der Waals surface area contributed by atoms with Crippen molar-refractivity contribution in [1.82, 2.24) is 15.1 Å². The largest absolute Gasteiger partial charge is 0.396 e. The van der Waals surface area contributed by atoms with Gasteiger partial charge in [-0.25, -0.2) is 8.42 Å². The molecule has 1 aromatic rings. The highest BCUT2D eigenvalue weighted by Gasteiger charge is 2.27. The Hall–Kier alpha value is -1.57. The number of aryl methyl sites for hydroxylation is 1. The molecular formula is C11H18N4O3S. The van der Waals surface area contributed by atoms with E-state index >= 15 is 0 Å². The number of nitrogens with two attached hydrogens (primary N) is 1. The van der Waals surface area contributed by atoms with Crippen LogP contribution in [-0.4, -0.2) is 41.7 Å². The molecule has 0 spiro atoms. The van der Waals surface area contributed by atoms with Gasteiger partial charge in [-0.15, -0.1) is 0 Å². The Morgan fingerprint density at radius 3 is 2.95 bits per heavy atom. The highest BCUT2D eigenvalue weighted by atomic mass is 32.2. The number of sulfone groups is 1. The summed E-state index contributed by atoms with van der Waals surface area (Å²) in [6.45, 7) is 2.51. The van der Waals surface area contributed by atoms with Crippen LogP contribution in [-0.2, 0) is 16.4 Å². The summed E-state index contributed by atoms with van der Waals surface area (Å²) in [6, 6.07) is -0.350. The predicted molar refractivity (Wildman–Crippen MR) is 71.5 cm³/mol. The molecule has 0 aliphatic carbocycles. The fourth-order valence-electron chi connectivity index (χ4n) is 2.17. The van der Waals surface area contributed by atoms with Crippen molar-refractivity contribution in [3.63, 3.8) is 0 Å². The number of amides is 1. The lowest BCUT2D eigenvalue weighted by Crippen LogP contribution is -2.43. The first-order chi connectivity index (χ1) is 8.91. The van der Waals surface area contributed by atoms with Crippen LogP contribution in [0.2, 0.25) is 0 Å². The van der Waals surface area contributed by atoms with Crippen molar-refractivity contribution < 1.29 is 13.2 Å². The van der Waals surface area contributed by atoms with Gasteiger partial charge < -0.3 is 11.1 Å². The van der Waals surface area contributed by atoms with E-state index in [1.807, 2.05) is 6.92 Å². The monoisotopic (exact) mass is 286 g/mol. The molecule has 3 N–H and O–H groups in total. The van der Waals surface area contributed by atoms with Crippen LogP contribution in [0.4, 0.5) is 5.69 Å². The topological polar surface area (TPSA) is 107 Å². The summed E-state index contributed by atoms with van der Waals surface area (Å²) in [5.41, 5.74) is 6.17. The number of aromatic nitrogens is 2. The molecule has 0 bridgehead atoms. The first-order valence-electron chi connectivity index (χ1n) is 6.25. The number of nitrogen functional groups attached to an aromatic ring is 1. The molecule has 0 aromatic carbocycles. The number of rotatable bonds is 3. The van der Waals surface area contributed by atoms with E-state index in [1.165, 1.54) is 0 Å². The molecule has 1 unspecified atom stereocenters. The second kappa shape index (κ2) is 5.20. The number of nitrogens with zero attached hydrogens (tertiary/aromatic N) is 2. The molecule has 2 rings (SSSR count). The zero-order chi connectivity index (χ0) is 14.0. The molecule has 8 heteroatoms. The van der Waals surface area contributed by atoms with Crippen LogP contribution in [0.15, 0.2) is 6.20 Å². The molecule has 0 radical (unpaired) electrons. The van der Waals surface area contributed by atoms with E-state index in [1.54, 1.807) is 10.9 Å². The maximum atomic E-state index is 12.0. The van der Waals surface area contributed by atoms with Crippen LogP contribution in [0.1, 0.15) is 30.3 Å². The lowest BCUT2D eigenvalue weighted by atomic mass is 10.2. The van der Waals surface area contributed by atoms with Crippen molar-refractivity contribution in [3.8, 4) is 0 Å². The van der Waals surface area contributed by atoms with Gasteiger partial charge in [0.25, 0.3) is 5.91 Å². The van der Waals surface area contributed by atoms with Crippen molar-refractivity contribution in [3.05, 3.63) is 11.9 Å². The maximum absolute atomic E-state index is 12.0. The smallest absolute Gasteiger partial charge is 0.274 e. The summed E-state index contributed by atoms with van der Waals surface area (Å²) >= 11 is 0. The molecule has 1 aliphatic heterocycles.